The Hall–Kier alpha value is -1.17. The Morgan fingerprint density at radius 1 is 1.14 bits per heavy atom. The van der Waals surface area contributed by atoms with Crippen LogP contribution in [0.1, 0.15) is 30.0 Å². The third kappa shape index (κ3) is 2.98. The minimum atomic E-state index is -3.45. The lowest BCUT2D eigenvalue weighted by molar-refractivity contribution is 0.396. The smallest absolute Gasteiger partial charge is 0.207 e. The van der Waals surface area contributed by atoms with Gasteiger partial charge in [0.1, 0.15) is 0 Å². The normalized spacial score (nSPS) is 19.5. The molecule has 3 nitrogen and oxygen atoms in total. The van der Waals surface area contributed by atoms with Crippen molar-refractivity contribution in [1.29, 1.82) is 0 Å². The second-order valence-electron chi connectivity index (χ2n) is 5.64. The van der Waals surface area contributed by atoms with Gasteiger partial charge in [-0.3, -0.25) is 0 Å². The van der Waals surface area contributed by atoms with E-state index in [1.807, 2.05) is 25.1 Å². The van der Waals surface area contributed by atoms with Crippen LogP contribution in [0.3, 0.4) is 0 Å². The summed E-state index contributed by atoms with van der Waals surface area (Å²) < 4.78 is 28.4. The summed E-state index contributed by atoms with van der Waals surface area (Å²) >= 11 is 3.34. The molecule has 3 rings (SSSR count). The highest BCUT2D eigenvalue weighted by Gasteiger charge is 2.36. The quantitative estimate of drug-likeness (QED) is 0.797. The van der Waals surface area contributed by atoms with Crippen LogP contribution in [0.2, 0.25) is 0 Å². The zero-order valence-electron chi connectivity index (χ0n) is 12.4. The van der Waals surface area contributed by atoms with Gasteiger partial charge in [0, 0.05) is 11.0 Å². The van der Waals surface area contributed by atoms with Crippen LogP contribution in [0.4, 0.5) is 0 Å². The van der Waals surface area contributed by atoms with E-state index in [1.54, 1.807) is 28.6 Å². The van der Waals surface area contributed by atoms with Crippen molar-refractivity contribution in [3.8, 4) is 0 Å². The lowest BCUT2D eigenvalue weighted by Crippen LogP contribution is -2.30. The summed E-state index contributed by atoms with van der Waals surface area (Å²) in [6.07, 6.45) is 1.77. The number of sulfonamides is 1. The van der Waals surface area contributed by atoms with Gasteiger partial charge in [0.15, 0.2) is 0 Å². The molecule has 2 aromatic rings. The Bertz CT molecular complexity index is 772. The molecule has 116 valence electrons. The molecule has 1 heterocycles. The highest BCUT2D eigenvalue weighted by atomic mass is 79.9. The molecule has 0 spiro atoms. The van der Waals surface area contributed by atoms with Crippen molar-refractivity contribution in [2.75, 3.05) is 6.54 Å². The van der Waals surface area contributed by atoms with E-state index < -0.39 is 10.0 Å². The Balaban J connectivity index is 1.97. The third-order valence-corrected chi connectivity index (χ3v) is 6.50. The number of nitrogens with zero attached hydrogens (tertiary/aromatic N) is 1. The predicted octanol–water partition coefficient (Wildman–Crippen LogP) is 4.28. The summed E-state index contributed by atoms with van der Waals surface area (Å²) in [7, 11) is -3.45. The van der Waals surface area contributed by atoms with Gasteiger partial charge in [-0.25, -0.2) is 8.42 Å². The van der Waals surface area contributed by atoms with Crippen molar-refractivity contribution in [2.45, 2.75) is 30.7 Å². The first-order chi connectivity index (χ1) is 10.5. The van der Waals surface area contributed by atoms with Crippen LogP contribution in [-0.4, -0.2) is 19.3 Å². The van der Waals surface area contributed by atoms with Gasteiger partial charge in [0.2, 0.25) is 10.0 Å². The molecule has 1 aliphatic rings. The van der Waals surface area contributed by atoms with Crippen LogP contribution in [0.15, 0.2) is 57.9 Å². The van der Waals surface area contributed by atoms with E-state index in [0.29, 0.717) is 11.4 Å². The molecule has 1 unspecified atom stereocenters. The molecule has 0 radical (unpaired) electrons. The largest absolute Gasteiger partial charge is 0.243 e. The van der Waals surface area contributed by atoms with Gasteiger partial charge in [-0.1, -0.05) is 45.8 Å². The zero-order valence-corrected chi connectivity index (χ0v) is 14.8. The van der Waals surface area contributed by atoms with E-state index in [-0.39, 0.29) is 6.04 Å². The van der Waals surface area contributed by atoms with Crippen molar-refractivity contribution in [3.63, 3.8) is 0 Å². The average Bonchev–Trinajstić information content (AvgIpc) is 2.98. The summed E-state index contributed by atoms with van der Waals surface area (Å²) in [5, 5.41) is 0. The second-order valence-corrected chi connectivity index (χ2v) is 8.45. The fourth-order valence-electron chi connectivity index (χ4n) is 2.98. The zero-order chi connectivity index (χ0) is 15.7. The predicted molar refractivity (Wildman–Crippen MR) is 91.2 cm³/mol. The Kier molecular flexibility index (Phi) is 4.39. The summed E-state index contributed by atoms with van der Waals surface area (Å²) in [5.41, 5.74) is 2.24. The maximum absolute atomic E-state index is 12.9. The standard InChI is InChI=1S/C17H18BrNO2S/c1-13-4-2-5-14(12-13)17-6-3-11-19(17)22(20,21)16-9-7-15(18)8-10-16/h2,4-5,7-10,12,17H,3,6,11H2,1H3. The molecule has 1 saturated heterocycles. The molecular formula is C17H18BrNO2S. The van der Waals surface area contributed by atoms with Crippen LogP contribution in [0.25, 0.3) is 0 Å². The topological polar surface area (TPSA) is 37.4 Å². The van der Waals surface area contributed by atoms with Gasteiger partial charge in [-0.15, -0.1) is 0 Å². The first-order valence-electron chi connectivity index (χ1n) is 7.32. The SMILES string of the molecule is Cc1cccc(C2CCCN2S(=O)(=O)c2ccc(Br)cc2)c1. The first kappa shape index (κ1) is 15.7. The number of hydrogen-bond donors (Lipinski definition) is 0. The van der Waals surface area contributed by atoms with Gasteiger partial charge in [-0.05, 0) is 49.6 Å². The molecule has 0 aliphatic carbocycles. The average molecular weight is 380 g/mol. The van der Waals surface area contributed by atoms with E-state index in [0.717, 1.165) is 28.4 Å². The van der Waals surface area contributed by atoms with Crippen molar-refractivity contribution in [1.82, 2.24) is 4.31 Å². The summed E-state index contributed by atoms with van der Waals surface area (Å²) in [4.78, 5) is 0.357. The number of halogens is 1. The van der Waals surface area contributed by atoms with E-state index in [2.05, 4.69) is 22.0 Å². The Labute approximate surface area is 140 Å². The molecule has 0 N–H and O–H groups in total. The fourth-order valence-corrected chi connectivity index (χ4v) is 4.93. The van der Waals surface area contributed by atoms with Crippen LogP contribution in [0.5, 0.6) is 0 Å². The molecule has 0 saturated carbocycles. The van der Waals surface area contributed by atoms with Gasteiger partial charge in [-0.2, -0.15) is 4.31 Å². The number of benzene rings is 2. The molecule has 1 aliphatic heterocycles. The number of rotatable bonds is 3. The van der Waals surface area contributed by atoms with Gasteiger partial charge in [0.05, 0.1) is 10.9 Å². The van der Waals surface area contributed by atoms with Gasteiger partial charge in [0.25, 0.3) is 0 Å². The lowest BCUT2D eigenvalue weighted by atomic mass is 10.0. The monoisotopic (exact) mass is 379 g/mol. The maximum atomic E-state index is 12.9. The van der Waals surface area contributed by atoms with E-state index in [4.69, 9.17) is 0 Å². The third-order valence-electron chi connectivity index (χ3n) is 4.05. The summed E-state index contributed by atoms with van der Waals surface area (Å²) in [5.74, 6) is 0. The van der Waals surface area contributed by atoms with Crippen LogP contribution in [0, 0.1) is 6.92 Å². The lowest BCUT2D eigenvalue weighted by Gasteiger charge is -2.24. The molecule has 1 atom stereocenters. The van der Waals surface area contributed by atoms with E-state index >= 15 is 0 Å². The minimum absolute atomic E-state index is 0.0615. The Morgan fingerprint density at radius 3 is 2.55 bits per heavy atom. The molecule has 0 amide bonds. The van der Waals surface area contributed by atoms with Crippen molar-refractivity contribution in [3.05, 3.63) is 64.1 Å². The number of hydrogen-bond acceptors (Lipinski definition) is 2. The van der Waals surface area contributed by atoms with Crippen LogP contribution >= 0.6 is 15.9 Å². The highest BCUT2D eigenvalue weighted by molar-refractivity contribution is 9.10. The van der Waals surface area contributed by atoms with Crippen molar-refractivity contribution < 1.29 is 8.42 Å². The molecular weight excluding hydrogens is 362 g/mol. The van der Waals surface area contributed by atoms with E-state index in [1.165, 1.54) is 0 Å². The molecule has 2 aromatic carbocycles. The van der Waals surface area contributed by atoms with Crippen molar-refractivity contribution >= 4 is 26.0 Å². The molecule has 1 fully saturated rings. The van der Waals surface area contributed by atoms with E-state index in [9.17, 15) is 8.42 Å². The Morgan fingerprint density at radius 2 is 1.86 bits per heavy atom. The minimum Gasteiger partial charge on any atom is -0.207 e. The van der Waals surface area contributed by atoms with Gasteiger partial charge >= 0.3 is 0 Å². The maximum Gasteiger partial charge on any atom is 0.243 e. The van der Waals surface area contributed by atoms with Crippen LogP contribution in [-0.2, 0) is 10.0 Å². The summed E-state index contributed by atoms with van der Waals surface area (Å²) in [6, 6.07) is 14.9. The number of aryl methyl sites for hydroxylation is 1. The fraction of sp³-hybridized carbons (Fsp3) is 0.294. The van der Waals surface area contributed by atoms with Crippen molar-refractivity contribution in [2.24, 2.45) is 0 Å². The first-order valence-corrected chi connectivity index (χ1v) is 9.56. The van der Waals surface area contributed by atoms with Gasteiger partial charge < -0.3 is 0 Å². The molecule has 22 heavy (non-hydrogen) atoms. The molecule has 0 bridgehead atoms. The second kappa shape index (κ2) is 6.14. The highest BCUT2D eigenvalue weighted by Crippen LogP contribution is 2.36. The summed E-state index contributed by atoms with van der Waals surface area (Å²) in [6.45, 7) is 2.61. The molecule has 0 aromatic heterocycles. The molecule has 5 heteroatoms. The van der Waals surface area contributed by atoms with Crippen LogP contribution < -0.4 is 0 Å².